The number of H-pyrrole nitrogens is 4. The summed E-state index contributed by atoms with van der Waals surface area (Å²) in [6.07, 6.45) is 0. The van der Waals surface area contributed by atoms with Gasteiger partial charge in [-0.1, -0.05) is 84.9 Å². The summed E-state index contributed by atoms with van der Waals surface area (Å²) >= 11 is 0. The number of hydrogen-bond donors (Lipinski definition) is 4. The van der Waals surface area contributed by atoms with Gasteiger partial charge in [0, 0.05) is 45.6 Å². The third kappa shape index (κ3) is 6.55. The fourth-order valence-corrected chi connectivity index (χ4v) is 14.4. The summed E-state index contributed by atoms with van der Waals surface area (Å²) in [5, 5.41) is 0.861. The van der Waals surface area contributed by atoms with Gasteiger partial charge in [0.1, 0.15) is 23.0 Å². The average molecular weight is 985 g/mol. The molecule has 0 spiro atoms. The predicted molar refractivity (Wildman–Crippen MR) is 281 cm³/mol. The fourth-order valence-electron chi connectivity index (χ4n) is 11.2. The molecule has 356 valence electrons. The Morgan fingerprint density at radius 2 is 0.514 bits per heavy atom. The average Bonchev–Trinajstić information content (AvgIpc) is 4.27. The molecule has 4 aromatic heterocycles. The van der Waals surface area contributed by atoms with Crippen LogP contribution >= 0.6 is 15.2 Å². The first-order valence-corrected chi connectivity index (χ1v) is 27.2. The van der Waals surface area contributed by atoms with Crippen molar-refractivity contribution in [1.29, 1.82) is 0 Å². The summed E-state index contributed by atoms with van der Waals surface area (Å²) in [6, 6.07) is 66.7. The van der Waals surface area contributed by atoms with E-state index in [1.807, 2.05) is 109 Å². The minimum Gasteiger partial charge on any atom is -0.413 e. The Labute approximate surface area is 417 Å². The van der Waals surface area contributed by atoms with Gasteiger partial charge in [0.15, 0.2) is 0 Å². The second-order valence-electron chi connectivity index (χ2n) is 19.8. The Hall–Kier alpha value is -7.90. The van der Waals surface area contributed by atoms with Crippen molar-refractivity contribution in [3.63, 3.8) is 0 Å². The highest BCUT2D eigenvalue weighted by atomic mass is 31.2. The third-order valence-electron chi connectivity index (χ3n) is 15.7. The summed E-state index contributed by atoms with van der Waals surface area (Å²) < 4.78 is 57.6. The van der Waals surface area contributed by atoms with Crippen molar-refractivity contribution in [1.82, 2.24) is 19.9 Å². The molecule has 0 saturated carbocycles. The maximum Gasteiger partial charge on any atom is 0.462 e. The maximum absolute atomic E-state index is 15.5. The Balaban J connectivity index is 1.14. The smallest absolute Gasteiger partial charge is 0.413 e. The van der Waals surface area contributed by atoms with E-state index in [2.05, 4.69) is 120 Å². The minimum atomic E-state index is -4.07. The normalized spacial score (nSPS) is 25.8. The molecule has 13 rings (SSSR count). The highest BCUT2D eigenvalue weighted by Gasteiger charge is 2.45. The fraction of sp³-hybridized carbons (Fsp3) is 0.133. The van der Waals surface area contributed by atoms with Gasteiger partial charge in [0.05, 0.1) is 32.3 Å². The van der Waals surface area contributed by atoms with E-state index >= 15 is 9.13 Å². The van der Waals surface area contributed by atoms with E-state index < -0.39 is 36.9 Å². The Bertz CT molecular complexity index is 3400. The van der Waals surface area contributed by atoms with Gasteiger partial charge in [0.2, 0.25) is 0 Å². The van der Waals surface area contributed by atoms with Crippen LogP contribution in [0.4, 0.5) is 0 Å². The van der Waals surface area contributed by atoms with Crippen LogP contribution in [0.1, 0.15) is 95.5 Å². The first-order chi connectivity index (χ1) is 34.8. The van der Waals surface area contributed by atoms with Crippen LogP contribution in [-0.2, 0) is 30.8 Å². The number of fused-ring (bicyclic) bond motifs is 20. The molecule has 12 heteroatoms. The molecule has 3 aliphatic rings. The van der Waals surface area contributed by atoms with Crippen LogP contribution in [0.15, 0.2) is 206 Å². The molecule has 4 N–H and O–H groups in total. The van der Waals surface area contributed by atoms with Crippen molar-refractivity contribution < 1.29 is 27.2 Å². The van der Waals surface area contributed by atoms with Crippen LogP contribution in [0.2, 0.25) is 0 Å². The van der Waals surface area contributed by atoms with Crippen molar-refractivity contribution in [3.8, 4) is 23.0 Å². The molecule has 0 atom stereocenters. The number of aromatic nitrogens is 4. The summed E-state index contributed by atoms with van der Waals surface area (Å²) in [5.74, 6) is 1.57. The van der Waals surface area contributed by atoms with Gasteiger partial charge in [-0.15, -0.1) is 0 Å². The highest BCUT2D eigenvalue weighted by molar-refractivity contribution is 7.63. The number of benzene rings is 6. The quantitative estimate of drug-likeness (QED) is 0.127. The molecule has 20 bridgehead atoms. The van der Waals surface area contributed by atoms with Crippen molar-refractivity contribution in [2.45, 2.75) is 49.4 Å². The van der Waals surface area contributed by atoms with Crippen LogP contribution in [0.5, 0.6) is 23.0 Å². The van der Waals surface area contributed by atoms with Crippen molar-refractivity contribution in [3.05, 3.63) is 274 Å². The topological polar surface area (TPSA) is 134 Å². The zero-order valence-corrected chi connectivity index (χ0v) is 41.8. The zero-order valence-electron chi connectivity index (χ0n) is 40.0. The van der Waals surface area contributed by atoms with E-state index in [1.54, 1.807) is 24.3 Å². The van der Waals surface area contributed by atoms with Gasteiger partial charge in [-0.25, -0.2) is 9.13 Å². The van der Waals surface area contributed by atoms with E-state index in [-0.39, 0.29) is 0 Å². The molecular weight excluding hydrogens is 935 g/mol. The minimum absolute atomic E-state index is 0.391. The Kier molecular flexibility index (Phi) is 9.67. The van der Waals surface area contributed by atoms with Crippen molar-refractivity contribution >= 4 is 25.8 Å². The van der Waals surface area contributed by atoms with Crippen LogP contribution in [0, 0.1) is 0 Å². The Morgan fingerprint density at radius 1 is 0.292 bits per heavy atom. The molecule has 0 fully saturated rings. The van der Waals surface area contributed by atoms with Crippen LogP contribution in [0.25, 0.3) is 0 Å². The van der Waals surface area contributed by atoms with Gasteiger partial charge in [-0.3, -0.25) is 0 Å². The van der Waals surface area contributed by atoms with Gasteiger partial charge in [-0.05, 0) is 171 Å². The second-order valence-corrected chi connectivity index (χ2v) is 23.5. The standard InChI is InChI=1S/C60H50N4O6P2/c1-57-39-15-11-19-43(35-39)67-71(65,47-23-7-5-8-24-47)68-44-20-12-16-40(36-44)58(2,50-28-27-49(57)61-50)55-33-34-56(64-55)60(4)42-18-14-22-46(38-42)70-72(66,48-25-9-6-10-26-48)69-45-21-13-17-41(37-45)59(3,51-29-30-52(60)62-51)54-32-31-53(57)63-54/h5-38,61-64H,1-4H3. The summed E-state index contributed by atoms with van der Waals surface area (Å²) in [7, 11) is -8.13. The molecule has 10 nitrogen and oxygen atoms in total. The van der Waals surface area contributed by atoms with E-state index in [1.165, 1.54) is 0 Å². The molecule has 10 aromatic rings. The number of hydrogen-bond acceptors (Lipinski definition) is 6. The molecule has 72 heavy (non-hydrogen) atoms. The van der Waals surface area contributed by atoms with E-state index in [9.17, 15) is 0 Å². The highest BCUT2D eigenvalue weighted by Crippen LogP contribution is 2.54. The van der Waals surface area contributed by atoms with Gasteiger partial charge in [0.25, 0.3) is 0 Å². The molecular formula is C60H50N4O6P2. The van der Waals surface area contributed by atoms with E-state index in [4.69, 9.17) is 18.1 Å². The lowest BCUT2D eigenvalue weighted by Gasteiger charge is -2.34. The largest absolute Gasteiger partial charge is 0.462 e. The molecule has 7 heterocycles. The van der Waals surface area contributed by atoms with Crippen molar-refractivity contribution in [2.24, 2.45) is 0 Å². The van der Waals surface area contributed by atoms with Gasteiger partial charge in [-0.2, -0.15) is 0 Å². The SMILES string of the molecule is CC12c3cccc(c3)OP(=O)(c3ccccc3)Oc3cccc(c3)C(C)(c3ccc1[nH]3)c1ccc([nH]1)C1(C)c3cccc(c3)OP(=O)(c3ccccc3)Oc3cccc(c3)C(C)(c3ccc1[nH]3)c1ccc2[nH]1. The predicted octanol–water partition coefficient (Wildman–Crippen LogP) is 13.3. The molecule has 0 saturated heterocycles. The van der Waals surface area contributed by atoms with E-state index in [0.717, 1.165) is 67.8 Å². The molecule has 0 unspecified atom stereocenters. The molecule has 0 amide bonds. The number of nitrogens with one attached hydrogen (secondary N) is 4. The van der Waals surface area contributed by atoms with Gasteiger partial charge < -0.3 is 38.0 Å². The summed E-state index contributed by atoms with van der Waals surface area (Å²) in [5.41, 5.74) is 7.22. The van der Waals surface area contributed by atoms with Crippen LogP contribution < -0.4 is 28.7 Å². The number of rotatable bonds is 2. The summed E-state index contributed by atoms with van der Waals surface area (Å²) in [4.78, 5) is 16.0. The maximum atomic E-state index is 15.5. The number of aromatic amines is 4. The van der Waals surface area contributed by atoms with Crippen LogP contribution in [-0.4, -0.2) is 19.9 Å². The molecule has 0 radical (unpaired) electrons. The first-order valence-electron chi connectivity index (χ1n) is 24.1. The Morgan fingerprint density at radius 3 is 0.736 bits per heavy atom. The first kappa shape index (κ1) is 44.1. The van der Waals surface area contributed by atoms with Gasteiger partial charge >= 0.3 is 15.2 Å². The second kappa shape index (κ2) is 15.8. The zero-order chi connectivity index (χ0) is 49.1. The molecule has 6 aromatic carbocycles. The molecule has 3 aliphatic heterocycles. The van der Waals surface area contributed by atoms with Crippen LogP contribution in [0.3, 0.4) is 0 Å². The summed E-state index contributed by atoms with van der Waals surface area (Å²) in [6.45, 7) is 8.79. The lowest BCUT2D eigenvalue weighted by Crippen LogP contribution is -2.32. The van der Waals surface area contributed by atoms with E-state index in [0.29, 0.717) is 33.6 Å². The lowest BCUT2D eigenvalue weighted by molar-refractivity contribution is 0.397. The molecule has 0 aliphatic carbocycles. The van der Waals surface area contributed by atoms with Crippen molar-refractivity contribution in [2.75, 3.05) is 0 Å². The monoisotopic (exact) mass is 984 g/mol. The third-order valence-corrected chi connectivity index (χ3v) is 19.4. The lowest BCUT2D eigenvalue weighted by atomic mass is 9.76.